The molecule has 1 amide bonds. The summed E-state index contributed by atoms with van der Waals surface area (Å²) in [4.78, 5) is 30.1. The summed E-state index contributed by atoms with van der Waals surface area (Å²) in [6, 6.07) is 6.13. The smallest absolute Gasteiger partial charge is 0.234 e. The molecule has 6 nitrogen and oxygen atoms in total. The van der Waals surface area contributed by atoms with Crippen LogP contribution in [0.2, 0.25) is 0 Å². The Bertz CT molecular complexity index is 765. The molecule has 0 N–H and O–H groups in total. The Labute approximate surface area is 147 Å². The number of hydrogen-bond donors (Lipinski definition) is 0. The highest BCUT2D eigenvalue weighted by atomic mass is 16.2. The van der Waals surface area contributed by atoms with Crippen LogP contribution in [0.3, 0.4) is 0 Å². The van der Waals surface area contributed by atoms with Gasteiger partial charge in [-0.25, -0.2) is 9.97 Å². The number of likely N-dealkylation sites (tertiary alicyclic amines) is 1. The largest absolute Gasteiger partial charge is 0.309 e. The molecule has 4 heterocycles. The number of hydrogen-bond acceptors (Lipinski definition) is 5. The van der Waals surface area contributed by atoms with E-state index in [1.54, 1.807) is 12.4 Å². The molecule has 0 aromatic carbocycles. The van der Waals surface area contributed by atoms with Crippen LogP contribution in [-0.2, 0) is 11.3 Å². The van der Waals surface area contributed by atoms with Gasteiger partial charge in [0.05, 0.1) is 29.2 Å². The molecule has 0 unspecified atom stereocenters. The van der Waals surface area contributed by atoms with E-state index in [1.165, 1.54) is 6.33 Å². The van der Waals surface area contributed by atoms with Crippen molar-refractivity contribution in [2.45, 2.75) is 32.7 Å². The van der Waals surface area contributed by atoms with Gasteiger partial charge in [-0.15, -0.1) is 0 Å². The molecule has 0 bridgehead atoms. The molecule has 2 fully saturated rings. The quantitative estimate of drug-likeness (QED) is 0.859. The monoisotopic (exact) mass is 337 g/mol. The zero-order valence-corrected chi connectivity index (χ0v) is 14.6. The molecular weight excluding hydrogens is 314 g/mol. The highest BCUT2D eigenvalue weighted by Crippen LogP contribution is 2.41. The zero-order chi connectivity index (χ0) is 17.3. The second kappa shape index (κ2) is 6.52. The molecule has 0 saturated carbocycles. The standard InChI is InChI=1S/C19H23N5O/c1-15-4-2-5-16(22-15)12-23-8-3-6-19(13-23)7-9-24(18(19)25)17-10-20-14-21-11-17/h2,4-5,10-11,14H,3,6-9,12-13H2,1H3/t19-/m0/s1. The van der Waals surface area contributed by atoms with Crippen molar-refractivity contribution in [1.82, 2.24) is 19.9 Å². The lowest BCUT2D eigenvalue weighted by molar-refractivity contribution is -0.128. The van der Waals surface area contributed by atoms with Crippen LogP contribution in [0, 0.1) is 12.3 Å². The van der Waals surface area contributed by atoms with Gasteiger partial charge < -0.3 is 4.90 Å². The van der Waals surface area contributed by atoms with E-state index < -0.39 is 0 Å². The molecule has 130 valence electrons. The van der Waals surface area contributed by atoms with Crippen molar-refractivity contribution in [3.05, 3.63) is 48.3 Å². The number of amides is 1. The van der Waals surface area contributed by atoms with Crippen molar-refractivity contribution in [3.63, 3.8) is 0 Å². The van der Waals surface area contributed by atoms with Crippen LogP contribution in [0.1, 0.15) is 30.7 Å². The molecule has 25 heavy (non-hydrogen) atoms. The lowest BCUT2D eigenvalue weighted by Gasteiger charge is -2.38. The average molecular weight is 337 g/mol. The topological polar surface area (TPSA) is 62.2 Å². The van der Waals surface area contributed by atoms with Gasteiger partial charge in [-0.05, 0) is 44.9 Å². The Kier molecular flexibility index (Phi) is 4.21. The highest BCUT2D eigenvalue weighted by molar-refractivity contribution is 5.99. The van der Waals surface area contributed by atoms with Crippen LogP contribution in [0.25, 0.3) is 0 Å². The lowest BCUT2D eigenvalue weighted by atomic mass is 9.78. The molecule has 4 rings (SSSR count). The molecule has 1 atom stereocenters. The molecule has 0 aliphatic carbocycles. The number of aromatic nitrogens is 3. The summed E-state index contributed by atoms with van der Waals surface area (Å²) in [6.45, 7) is 5.42. The maximum Gasteiger partial charge on any atom is 0.234 e. The van der Waals surface area contributed by atoms with Gasteiger partial charge >= 0.3 is 0 Å². The molecule has 2 saturated heterocycles. The Morgan fingerprint density at radius 1 is 1.16 bits per heavy atom. The number of anilines is 1. The fourth-order valence-corrected chi connectivity index (χ4v) is 4.15. The van der Waals surface area contributed by atoms with E-state index in [4.69, 9.17) is 0 Å². The first-order chi connectivity index (χ1) is 12.2. The van der Waals surface area contributed by atoms with Crippen LogP contribution in [-0.4, -0.2) is 45.4 Å². The maximum atomic E-state index is 13.2. The average Bonchev–Trinajstić information content (AvgIpc) is 2.92. The van der Waals surface area contributed by atoms with Crippen molar-refractivity contribution < 1.29 is 4.79 Å². The molecular formula is C19H23N5O. The summed E-state index contributed by atoms with van der Waals surface area (Å²) in [5.74, 6) is 0.226. The van der Waals surface area contributed by atoms with Gasteiger partial charge in [0.1, 0.15) is 6.33 Å². The predicted octanol–water partition coefficient (Wildman–Crippen LogP) is 2.20. The molecule has 2 aliphatic rings. The van der Waals surface area contributed by atoms with Gasteiger partial charge in [0, 0.05) is 25.3 Å². The Hall–Kier alpha value is -2.34. The fourth-order valence-electron chi connectivity index (χ4n) is 4.15. The number of nitrogens with zero attached hydrogens (tertiary/aromatic N) is 5. The Morgan fingerprint density at radius 3 is 2.80 bits per heavy atom. The summed E-state index contributed by atoms with van der Waals surface area (Å²) in [7, 11) is 0. The normalized spacial score (nSPS) is 24.2. The van der Waals surface area contributed by atoms with Gasteiger partial charge in [0.15, 0.2) is 0 Å². The van der Waals surface area contributed by atoms with Gasteiger partial charge in [-0.2, -0.15) is 0 Å². The minimum Gasteiger partial charge on any atom is -0.309 e. The fraction of sp³-hybridized carbons (Fsp3) is 0.474. The number of piperidine rings is 1. The van der Waals surface area contributed by atoms with Gasteiger partial charge in [0.25, 0.3) is 0 Å². The molecule has 1 spiro atoms. The van der Waals surface area contributed by atoms with E-state index in [-0.39, 0.29) is 11.3 Å². The minimum atomic E-state index is -0.266. The minimum absolute atomic E-state index is 0.226. The second-order valence-electron chi connectivity index (χ2n) is 7.17. The van der Waals surface area contributed by atoms with Crippen molar-refractivity contribution in [3.8, 4) is 0 Å². The van der Waals surface area contributed by atoms with E-state index in [0.29, 0.717) is 0 Å². The number of aryl methyl sites for hydroxylation is 1. The molecule has 2 aliphatic heterocycles. The zero-order valence-electron chi connectivity index (χ0n) is 14.6. The van der Waals surface area contributed by atoms with Gasteiger partial charge in [0.2, 0.25) is 5.91 Å². The Morgan fingerprint density at radius 2 is 2.00 bits per heavy atom. The maximum absolute atomic E-state index is 13.2. The second-order valence-corrected chi connectivity index (χ2v) is 7.17. The van der Waals surface area contributed by atoms with Crippen molar-refractivity contribution in [2.75, 3.05) is 24.5 Å². The highest BCUT2D eigenvalue weighted by Gasteiger charge is 2.49. The van der Waals surface area contributed by atoms with Crippen LogP contribution in [0.4, 0.5) is 5.69 Å². The SMILES string of the molecule is Cc1cccc(CN2CCC[C@]3(CCN(c4cncnc4)C3=O)C2)n1. The summed E-state index contributed by atoms with van der Waals surface area (Å²) in [5.41, 5.74) is 2.66. The van der Waals surface area contributed by atoms with E-state index >= 15 is 0 Å². The number of pyridine rings is 1. The summed E-state index contributed by atoms with van der Waals surface area (Å²) >= 11 is 0. The molecule has 6 heteroatoms. The third kappa shape index (κ3) is 3.14. The van der Waals surface area contributed by atoms with E-state index in [2.05, 4.69) is 32.0 Å². The van der Waals surface area contributed by atoms with Crippen molar-refractivity contribution in [2.24, 2.45) is 5.41 Å². The number of carbonyl (C=O) groups excluding carboxylic acids is 1. The van der Waals surface area contributed by atoms with Gasteiger partial charge in [-0.3, -0.25) is 14.7 Å². The van der Waals surface area contributed by atoms with Crippen LogP contribution < -0.4 is 4.90 Å². The third-order valence-corrected chi connectivity index (χ3v) is 5.36. The summed E-state index contributed by atoms with van der Waals surface area (Å²) in [6.07, 6.45) is 7.86. The Balaban J connectivity index is 1.50. The van der Waals surface area contributed by atoms with Crippen LogP contribution in [0.5, 0.6) is 0 Å². The summed E-state index contributed by atoms with van der Waals surface area (Å²) < 4.78 is 0. The number of carbonyl (C=O) groups is 1. The third-order valence-electron chi connectivity index (χ3n) is 5.36. The van der Waals surface area contributed by atoms with Crippen LogP contribution in [0.15, 0.2) is 36.9 Å². The molecule has 0 radical (unpaired) electrons. The summed E-state index contributed by atoms with van der Waals surface area (Å²) in [5, 5.41) is 0. The first-order valence-corrected chi connectivity index (χ1v) is 8.88. The molecule has 2 aromatic rings. The van der Waals surface area contributed by atoms with E-state index in [9.17, 15) is 4.79 Å². The number of rotatable bonds is 3. The molecule has 2 aromatic heterocycles. The van der Waals surface area contributed by atoms with Crippen molar-refractivity contribution in [1.29, 1.82) is 0 Å². The first kappa shape index (κ1) is 16.1. The lowest BCUT2D eigenvalue weighted by Crippen LogP contribution is -2.47. The van der Waals surface area contributed by atoms with Crippen LogP contribution >= 0.6 is 0 Å². The van der Waals surface area contributed by atoms with E-state index in [0.717, 1.165) is 62.5 Å². The van der Waals surface area contributed by atoms with Crippen molar-refractivity contribution >= 4 is 11.6 Å². The predicted molar refractivity (Wildman–Crippen MR) is 94.9 cm³/mol. The first-order valence-electron chi connectivity index (χ1n) is 8.88. The van der Waals surface area contributed by atoms with E-state index in [1.807, 2.05) is 17.9 Å². The van der Waals surface area contributed by atoms with Gasteiger partial charge in [-0.1, -0.05) is 6.07 Å².